The predicted molar refractivity (Wildman–Crippen MR) is 60.1 cm³/mol. The first-order valence-corrected chi connectivity index (χ1v) is 5.11. The Hall–Kier alpha value is -1.55. The lowest BCUT2D eigenvalue weighted by atomic mass is 10.2. The Balaban J connectivity index is 3.01. The van der Waals surface area contributed by atoms with Crippen LogP contribution in [0.3, 0.4) is 0 Å². The van der Waals surface area contributed by atoms with E-state index in [4.69, 9.17) is 9.52 Å². The molecule has 0 aliphatic heterocycles. The molecule has 1 N–H and O–H groups in total. The maximum absolute atomic E-state index is 11.3. The highest BCUT2D eigenvalue weighted by atomic mass is 16.5. The maximum atomic E-state index is 11.3. The molecule has 1 aromatic rings. The lowest BCUT2D eigenvalue weighted by molar-refractivity contribution is 0.0599. The van der Waals surface area contributed by atoms with Crippen LogP contribution >= 0.6 is 0 Å². The fourth-order valence-corrected chi connectivity index (χ4v) is 1.35. The molecule has 0 bridgehead atoms. The summed E-state index contributed by atoms with van der Waals surface area (Å²) in [7, 11) is 1.33. The van der Waals surface area contributed by atoms with Crippen molar-refractivity contribution < 1.29 is 19.1 Å². The summed E-state index contributed by atoms with van der Waals surface area (Å²) in [4.78, 5) is 11.3. The molecule has 0 fully saturated rings. The number of aryl methyl sites for hydroxylation is 1. The highest BCUT2D eigenvalue weighted by Crippen LogP contribution is 2.18. The van der Waals surface area contributed by atoms with Crippen LogP contribution in [0.2, 0.25) is 0 Å². The van der Waals surface area contributed by atoms with Gasteiger partial charge in [0.1, 0.15) is 17.1 Å². The minimum atomic E-state index is -0.414. The van der Waals surface area contributed by atoms with Crippen molar-refractivity contribution in [2.24, 2.45) is 0 Å². The van der Waals surface area contributed by atoms with E-state index in [1.807, 2.05) is 6.92 Å². The molecule has 1 heterocycles. The molecular weight excluding hydrogens is 208 g/mol. The van der Waals surface area contributed by atoms with Crippen molar-refractivity contribution in [3.63, 3.8) is 0 Å². The van der Waals surface area contributed by atoms with Gasteiger partial charge in [0.2, 0.25) is 0 Å². The van der Waals surface area contributed by atoms with Gasteiger partial charge in [-0.1, -0.05) is 6.92 Å². The minimum absolute atomic E-state index is 0.0101. The Morgan fingerprint density at radius 2 is 2.31 bits per heavy atom. The van der Waals surface area contributed by atoms with E-state index in [0.29, 0.717) is 17.1 Å². The minimum Gasteiger partial charge on any atom is -0.465 e. The molecule has 4 nitrogen and oxygen atoms in total. The van der Waals surface area contributed by atoms with Gasteiger partial charge < -0.3 is 14.3 Å². The Bertz CT molecular complexity index is 395. The molecule has 0 amide bonds. The first-order chi connectivity index (χ1) is 7.62. The van der Waals surface area contributed by atoms with Gasteiger partial charge >= 0.3 is 5.97 Å². The highest BCUT2D eigenvalue weighted by Gasteiger charge is 2.14. The molecule has 0 aromatic carbocycles. The lowest BCUT2D eigenvalue weighted by Crippen LogP contribution is -2.00. The van der Waals surface area contributed by atoms with Crippen LogP contribution in [-0.4, -0.2) is 24.8 Å². The number of esters is 1. The third-order valence-corrected chi connectivity index (χ3v) is 2.35. The maximum Gasteiger partial charge on any atom is 0.341 e. The van der Waals surface area contributed by atoms with Crippen molar-refractivity contribution >= 4 is 12.0 Å². The van der Waals surface area contributed by atoms with Crippen molar-refractivity contribution in [1.82, 2.24) is 0 Å². The molecule has 0 radical (unpaired) electrons. The fraction of sp³-hybridized carbons (Fsp3) is 0.417. The number of aliphatic hydroxyl groups is 1. The summed E-state index contributed by atoms with van der Waals surface area (Å²) in [5.41, 5.74) is 1.27. The van der Waals surface area contributed by atoms with Gasteiger partial charge in [-0.15, -0.1) is 0 Å². The van der Waals surface area contributed by atoms with Crippen LogP contribution in [0.1, 0.15) is 35.2 Å². The van der Waals surface area contributed by atoms with Crippen molar-refractivity contribution in [3.05, 3.63) is 28.7 Å². The molecule has 0 aliphatic rings. The van der Waals surface area contributed by atoms with Gasteiger partial charge in [-0.25, -0.2) is 4.79 Å². The number of carbonyl (C=O) groups is 1. The number of carbonyl (C=O) groups excluding carboxylic acids is 1. The molecule has 0 aliphatic carbocycles. The molecule has 0 saturated carbocycles. The van der Waals surface area contributed by atoms with Crippen molar-refractivity contribution in [2.45, 2.75) is 20.3 Å². The smallest absolute Gasteiger partial charge is 0.341 e. The fourth-order valence-electron chi connectivity index (χ4n) is 1.35. The summed E-state index contributed by atoms with van der Waals surface area (Å²) < 4.78 is 10.0. The van der Waals surface area contributed by atoms with Gasteiger partial charge in [0.15, 0.2) is 0 Å². The van der Waals surface area contributed by atoms with E-state index in [2.05, 4.69) is 4.74 Å². The number of rotatable bonds is 4. The van der Waals surface area contributed by atoms with Gasteiger partial charge in [-0.3, -0.25) is 0 Å². The summed E-state index contributed by atoms with van der Waals surface area (Å²) in [5, 5.41) is 9.02. The Morgan fingerprint density at radius 3 is 2.81 bits per heavy atom. The SMILES string of the molecule is CCC(=Cc1cc(C(=O)OC)c(C)o1)CO. The van der Waals surface area contributed by atoms with Crippen molar-refractivity contribution in [1.29, 1.82) is 0 Å². The summed E-state index contributed by atoms with van der Waals surface area (Å²) >= 11 is 0. The number of hydrogen-bond donors (Lipinski definition) is 1. The first kappa shape index (κ1) is 12.5. The average molecular weight is 224 g/mol. The zero-order valence-electron chi connectivity index (χ0n) is 9.74. The van der Waals surface area contributed by atoms with Crippen LogP contribution < -0.4 is 0 Å². The van der Waals surface area contributed by atoms with E-state index in [9.17, 15) is 4.79 Å². The highest BCUT2D eigenvalue weighted by molar-refractivity contribution is 5.91. The van der Waals surface area contributed by atoms with Crippen LogP contribution in [0.25, 0.3) is 6.08 Å². The summed E-state index contributed by atoms with van der Waals surface area (Å²) in [5.74, 6) is 0.665. The quantitative estimate of drug-likeness (QED) is 0.796. The molecule has 0 atom stereocenters. The van der Waals surface area contributed by atoms with E-state index >= 15 is 0 Å². The van der Waals surface area contributed by atoms with E-state index in [1.54, 1.807) is 19.1 Å². The molecular formula is C12H16O4. The Morgan fingerprint density at radius 1 is 1.62 bits per heavy atom. The molecule has 1 aromatic heterocycles. The largest absolute Gasteiger partial charge is 0.465 e. The molecule has 0 unspecified atom stereocenters. The number of hydrogen-bond acceptors (Lipinski definition) is 4. The Kier molecular flexibility index (Phi) is 4.31. The molecule has 88 valence electrons. The van der Waals surface area contributed by atoms with Crippen LogP contribution in [0.4, 0.5) is 0 Å². The summed E-state index contributed by atoms with van der Waals surface area (Å²) in [6.45, 7) is 3.64. The molecule has 0 spiro atoms. The van der Waals surface area contributed by atoms with E-state index in [-0.39, 0.29) is 6.61 Å². The molecule has 16 heavy (non-hydrogen) atoms. The zero-order valence-corrected chi connectivity index (χ0v) is 9.74. The number of aliphatic hydroxyl groups excluding tert-OH is 1. The van der Waals surface area contributed by atoms with Gasteiger partial charge in [0.05, 0.1) is 13.7 Å². The van der Waals surface area contributed by atoms with Crippen molar-refractivity contribution in [3.8, 4) is 0 Å². The van der Waals surface area contributed by atoms with Crippen LogP contribution in [0.5, 0.6) is 0 Å². The van der Waals surface area contributed by atoms with Gasteiger partial charge in [-0.2, -0.15) is 0 Å². The van der Waals surface area contributed by atoms with Crippen LogP contribution in [0, 0.1) is 6.92 Å². The monoisotopic (exact) mass is 224 g/mol. The standard InChI is InChI=1S/C12H16O4/c1-4-9(7-13)5-10-6-11(8(2)16-10)12(14)15-3/h5-6,13H,4,7H2,1-3H3. The first-order valence-electron chi connectivity index (χ1n) is 5.11. The normalized spacial score (nSPS) is 11.6. The predicted octanol–water partition coefficient (Wildman–Crippen LogP) is 2.16. The van der Waals surface area contributed by atoms with Gasteiger partial charge in [-0.05, 0) is 31.1 Å². The third-order valence-electron chi connectivity index (χ3n) is 2.35. The Labute approximate surface area is 94.5 Å². The topological polar surface area (TPSA) is 59.7 Å². The number of furan rings is 1. The zero-order chi connectivity index (χ0) is 12.1. The van der Waals surface area contributed by atoms with E-state index in [0.717, 1.165) is 12.0 Å². The van der Waals surface area contributed by atoms with Crippen LogP contribution in [0.15, 0.2) is 16.1 Å². The number of ether oxygens (including phenoxy) is 1. The van der Waals surface area contributed by atoms with Crippen LogP contribution in [-0.2, 0) is 4.74 Å². The number of methoxy groups -OCH3 is 1. The second-order valence-corrected chi connectivity index (χ2v) is 3.42. The molecule has 4 heteroatoms. The summed E-state index contributed by atoms with van der Waals surface area (Å²) in [6.07, 6.45) is 2.48. The van der Waals surface area contributed by atoms with E-state index < -0.39 is 5.97 Å². The van der Waals surface area contributed by atoms with Gasteiger partial charge in [0, 0.05) is 0 Å². The third kappa shape index (κ3) is 2.73. The molecule has 1 rings (SSSR count). The second-order valence-electron chi connectivity index (χ2n) is 3.42. The van der Waals surface area contributed by atoms with E-state index in [1.165, 1.54) is 7.11 Å². The summed E-state index contributed by atoms with van der Waals surface area (Å²) in [6, 6.07) is 1.62. The lowest BCUT2D eigenvalue weighted by Gasteiger charge is -1.96. The molecule has 0 saturated heterocycles. The second kappa shape index (κ2) is 5.51. The van der Waals surface area contributed by atoms with Gasteiger partial charge in [0.25, 0.3) is 0 Å². The van der Waals surface area contributed by atoms with Crippen molar-refractivity contribution in [2.75, 3.05) is 13.7 Å². The average Bonchev–Trinajstić information content (AvgIpc) is 2.66.